The highest BCUT2D eigenvalue weighted by molar-refractivity contribution is 9.10. The zero-order valence-corrected chi connectivity index (χ0v) is 13.6. The molecule has 0 heterocycles. The van der Waals surface area contributed by atoms with Crippen LogP contribution >= 0.6 is 15.9 Å². The quantitative estimate of drug-likeness (QED) is 0.831. The number of hydrogen-bond acceptors (Lipinski definition) is 4. The highest BCUT2D eigenvalue weighted by Gasteiger charge is 2.50. The Hall–Kier alpha value is -1.69. The minimum absolute atomic E-state index is 0.0416. The predicted octanol–water partition coefficient (Wildman–Crippen LogP) is 2.81. The van der Waals surface area contributed by atoms with Gasteiger partial charge in [-0.25, -0.2) is 0 Å². The van der Waals surface area contributed by atoms with Crippen LogP contribution in [0.2, 0.25) is 0 Å². The Morgan fingerprint density at radius 2 is 2.14 bits per heavy atom. The van der Waals surface area contributed by atoms with Gasteiger partial charge in [0.15, 0.2) is 5.78 Å². The molecule has 2 aliphatic carbocycles. The summed E-state index contributed by atoms with van der Waals surface area (Å²) in [6.07, 6.45) is 0.653. The number of ketones is 2. The first-order chi connectivity index (χ1) is 10.4. The molecule has 0 bridgehead atoms. The van der Waals surface area contributed by atoms with E-state index in [-0.39, 0.29) is 36.2 Å². The summed E-state index contributed by atoms with van der Waals surface area (Å²) in [5.74, 6) is -1.95. The lowest BCUT2D eigenvalue weighted by Crippen LogP contribution is -2.33. The molecule has 3 atom stereocenters. The first-order valence-electron chi connectivity index (χ1n) is 7.09. The first kappa shape index (κ1) is 15.2. The molecule has 0 aliphatic heterocycles. The molecule has 0 aromatic heterocycles. The minimum Gasteiger partial charge on any atom is -0.496 e. The van der Waals surface area contributed by atoms with E-state index in [2.05, 4.69) is 15.9 Å². The zero-order valence-electron chi connectivity index (χ0n) is 12.0. The van der Waals surface area contributed by atoms with Gasteiger partial charge in [0.05, 0.1) is 18.6 Å². The van der Waals surface area contributed by atoms with E-state index in [0.29, 0.717) is 17.7 Å². The number of hydrogen-bond donors (Lipinski definition) is 1. The molecule has 1 fully saturated rings. The summed E-state index contributed by atoms with van der Waals surface area (Å²) in [7, 11) is 1.49. The Morgan fingerprint density at radius 3 is 2.77 bits per heavy atom. The van der Waals surface area contributed by atoms with E-state index < -0.39 is 11.9 Å². The molecule has 0 radical (unpaired) electrons. The summed E-state index contributed by atoms with van der Waals surface area (Å²) in [4.78, 5) is 36.0. The van der Waals surface area contributed by atoms with Gasteiger partial charge in [-0.05, 0) is 30.0 Å². The largest absolute Gasteiger partial charge is 0.496 e. The lowest BCUT2D eigenvalue weighted by molar-refractivity contribution is -0.138. The highest BCUT2D eigenvalue weighted by Crippen LogP contribution is 2.52. The fourth-order valence-electron chi connectivity index (χ4n) is 3.75. The van der Waals surface area contributed by atoms with Gasteiger partial charge >= 0.3 is 5.97 Å². The van der Waals surface area contributed by atoms with Gasteiger partial charge in [0.1, 0.15) is 11.5 Å². The maximum absolute atomic E-state index is 12.7. The predicted molar refractivity (Wildman–Crippen MR) is 81.2 cm³/mol. The minimum atomic E-state index is -0.912. The number of methoxy groups -OCH3 is 1. The Balaban J connectivity index is 2.06. The van der Waals surface area contributed by atoms with Crippen molar-refractivity contribution < 1.29 is 24.2 Å². The van der Waals surface area contributed by atoms with E-state index in [0.717, 1.165) is 10.0 Å². The van der Waals surface area contributed by atoms with Crippen LogP contribution in [0.25, 0.3) is 0 Å². The number of aliphatic carboxylic acids is 1. The normalized spacial score (nSPS) is 26.5. The van der Waals surface area contributed by atoms with Gasteiger partial charge in [0.25, 0.3) is 0 Å². The van der Waals surface area contributed by atoms with Gasteiger partial charge in [-0.15, -0.1) is 0 Å². The molecule has 1 aromatic rings. The van der Waals surface area contributed by atoms with Crippen LogP contribution in [0, 0.1) is 11.8 Å². The van der Waals surface area contributed by atoms with Crippen LogP contribution in [0.1, 0.15) is 41.1 Å². The number of carbonyl (C=O) groups excluding carboxylic acids is 2. The standard InChI is InChI=1S/C16H15BrO5/c1-22-11-3-2-9(17)13-8-4-7(6-12(19)20)5-10(18)14(8)16(21)15(11)13/h2-3,7-8,14H,4-6H2,1H3,(H,19,20). The van der Waals surface area contributed by atoms with Crippen molar-refractivity contribution in [3.8, 4) is 5.75 Å². The van der Waals surface area contributed by atoms with Crippen molar-refractivity contribution in [2.75, 3.05) is 7.11 Å². The van der Waals surface area contributed by atoms with Gasteiger partial charge in [0, 0.05) is 23.2 Å². The van der Waals surface area contributed by atoms with Gasteiger partial charge in [0.2, 0.25) is 0 Å². The summed E-state index contributed by atoms with van der Waals surface area (Å²) in [5, 5.41) is 8.97. The zero-order chi connectivity index (χ0) is 16.0. The molecule has 1 aromatic carbocycles. The van der Waals surface area contributed by atoms with Gasteiger partial charge in [-0.3, -0.25) is 14.4 Å². The number of fused-ring (bicyclic) bond motifs is 3. The Kier molecular flexibility index (Phi) is 3.80. The fourth-order valence-corrected chi connectivity index (χ4v) is 4.37. The van der Waals surface area contributed by atoms with E-state index in [4.69, 9.17) is 9.84 Å². The molecule has 2 aliphatic rings. The van der Waals surface area contributed by atoms with Crippen molar-refractivity contribution in [3.63, 3.8) is 0 Å². The van der Waals surface area contributed by atoms with Crippen LogP contribution in [0.15, 0.2) is 16.6 Å². The summed E-state index contributed by atoms with van der Waals surface area (Å²) in [6, 6.07) is 3.51. The Labute approximate surface area is 135 Å². The van der Waals surface area contributed by atoms with E-state index >= 15 is 0 Å². The number of rotatable bonds is 3. The smallest absolute Gasteiger partial charge is 0.303 e. The average molecular weight is 367 g/mol. The molecule has 1 N–H and O–H groups in total. The summed E-state index contributed by atoms with van der Waals surface area (Å²) >= 11 is 3.46. The molecule has 0 saturated heterocycles. The van der Waals surface area contributed by atoms with Crippen molar-refractivity contribution in [3.05, 3.63) is 27.7 Å². The molecule has 1 saturated carbocycles. The van der Waals surface area contributed by atoms with Crippen LogP contribution in [-0.4, -0.2) is 29.8 Å². The van der Waals surface area contributed by atoms with Gasteiger partial charge < -0.3 is 9.84 Å². The van der Waals surface area contributed by atoms with Crippen molar-refractivity contribution in [2.45, 2.75) is 25.2 Å². The molecule has 0 amide bonds. The molecule has 116 valence electrons. The SMILES string of the molecule is COc1ccc(Br)c2c1C(=O)C1C(=O)CC(CC(=O)O)CC21. The first-order valence-corrected chi connectivity index (χ1v) is 7.88. The monoisotopic (exact) mass is 366 g/mol. The number of halogens is 1. The summed E-state index contributed by atoms with van der Waals surface area (Å²) in [5.41, 5.74) is 1.26. The third-order valence-corrected chi connectivity index (χ3v) is 5.25. The Bertz CT molecular complexity index is 681. The number of carbonyl (C=O) groups is 3. The van der Waals surface area contributed by atoms with Crippen LogP contribution < -0.4 is 4.74 Å². The maximum Gasteiger partial charge on any atom is 0.303 e. The third kappa shape index (κ3) is 2.26. The molecule has 5 nitrogen and oxygen atoms in total. The van der Waals surface area contributed by atoms with Crippen molar-refractivity contribution in [1.82, 2.24) is 0 Å². The molecular weight excluding hydrogens is 352 g/mol. The van der Waals surface area contributed by atoms with E-state index in [1.165, 1.54) is 7.11 Å². The maximum atomic E-state index is 12.7. The lowest BCUT2D eigenvalue weighted by atomic mass is 9.72. The number of benzene rings is 1. The second-order valence-corrected chi connectivity index (χ2v) is 6.71. The van der Waals surface area contributed by atoms with Crippen LogP contribution in [0.3, 0.4) is 0 Å². The van der Waals surface area contributed by atoms with Crippen LogP contribution in [-0.2, 0) is 9.59 Å². The van der Waals surface area contributed by atoms with E-state index in [1.807, 2.05) is 0 Å². The summed E-state index contributed by atoms with van der Waals surface area (Å²) in [6.45, 7) is 0. The fraction of sp³-hybridized carbons (Fsp3) is 0.438. The number of ether oxygens (including phenoxy) is 1. The second kappa shape index (κ2) is 5.50. The topological polar surface area (TPSA) is 80.7 Å². The van der Waals surface area contributed by atoms with Crippen LogP contribution in [0.5, 0.6) is 5.75 Å². The molecule has 3 unspecified atom stereocenters. The van der Waals surface area contributed by atoms with E-state index in [1.54, 1.807) is 12.1 Å². The Morgan fingerprint density at radius 1 is 1.41 bits per heavy atom. The van der Waals surface area contributed by atoms with Crippen molar-refractivity contribution in [2.24, 2.45) is 11.8 Å². The molecular formula is C16H15BrO5. The number of Topliss-reactive ketones (excluding diaryl/α,β-unsaturated/α-hetero) is 2. The molecule has 22 heavy (non-hydrogen) atoms. The lowest BCUT2D eigenvalue weighted by Gasteiger charge is -2.29. The molecule has 0 spiro atoms. The summed E-state index contributed by atoms with van der Waals surface area (Å²) < 4.78 is 6.04. The van der Waals surface area contributed by atoms with Gasteiger partial charge in [-0.1, -0.05) is 15.9 Å². The average Bonchev–Trinajstić information content (AvgIpc) is 2.74. The molecule has 6 heteroatoms. The van der Waals surface area contributed by atoms with Crippen molar-refractivity contribution >= 4 is 33.5 Å². The number of carboxylic acids is 1. The number of carboxylic acid groups (broad SMARTS) is 1. The van der Waals surface area contributed by atoms with E-state index in [9.17, 15) is 14.4 Å². The molecule has 3 rings (SSSR count). The second-order valence-electron chi connectivity index (χ2n) is 5.86. The third-order valence-electron chi connectivity index (χ3n) is 4.56. The van der Waals surface area contributed by atoms with Gasteiger partial charge in [-0.2, -0.15) is 0 Å². The highest BCUT2D eigenvalue weighted by atomic mass is 79.9. The van der Waals surface area contributed by atoms with Crippen LogP contribution in [0.4, 0.5) is 0 Å². The van der Waals surface area contributed by atoms with Crippen molar-refractivity contribution in [1.29, 1.82) is 0 Å².